The number of aromatic hydroxyl groups is 2. The quantitative estimate of drug-likeness (QED) is 0.119. The highest BCUT2D eigenvalue weighted by atomic mass is 16.6. The molecule has 3 aromatic carbocycles. The maximum atomic E-state index is 12.3. The van der Waals surface area contributed by atoms with E-state index >= 15 is 0 Å². The van der Waals surface area contributed by atoms with Crippen molar-refractivity contribution in [1.82, 2.24) is 5.32 Å². The fraction of sp³-hybridized carbons (Fsp3) is 0.405. The number of hydrogen-bond acceptors (Lipinski definition) is 10. The fourth-order valence-corrected chi connectivity index (χ4v) is 9.40. The van der Waals surface area contributed by atoms with E-state index in [-0.39, 0.29) is 41.6 Å². The van der Waals surface area contributed by atoms with Crippen LogP contribution in [0.5, 0.6) is 28.7 Å². The molecule has 8 rings (SSSR count). The van der Waals surface area contributed by atoms with E-state index in [9.17, 15) is 20.1 Å². The highest BCUT2D eigenvalue weighted by molar-refractivity contribution is 5.84. The number of nitrogens with two attached hydrogens (primary N) is 1. The molecule has 2 aliphatic carbocycles. The Kier molecular flexibility index (Phi) is 8.59. The summed E-state index contributed by atoms with van der Waals surface area (Å²) in [7, 11) is 1.51. The molecule has 3 aliphatic heterocycles. The lowest BCUT2D eigenvalue weighted by Gasteiger charge is -2.39. The molecule has 0 radical (unpaired) electrons. The number of aliphatic hydroxyl groups excluding tert-OH is 1. The van der Waals surface area contributed by atoms with Crippen molar-refractivity contribution < 1.29 is 39.1 Å². The van der Waals surface area contributed by atoms with Gasteiger partial charge in [0.2, 0.25) is 0 Å². The summed E-state index contributed by atoms with van der Waals surface area (Å²) < 4.78 is 24.2. The second kappa shape index (κ2) is 13.1. The van der Waals surface area contributed by atoms with E-state index in [2.05, 4.69) is 36.2 Å². The number of carbonyl (C=O) groups excluding carboxylic acids is 1. The Hall–Kier alpha value is -5.11. The lowest BCUT2D eigenvalue weighted by atomic mass is 9.65. The Morgan fingerprint density at radius 1 is 1.13 bits per heavy atom. The molecule has 1 spiro atoms. The van der Waals surface area contributed by atoms with Crippen molar-refractivity contribution in [3.8, 4) is 51.7 Å². The van der Waals surface area contributed by atoms with Gasteiger partial charge in [-0.05, 0) is 96.4 Å². The van der Waals surface area contributed by atoms with Crippen LogP contribution in [0.1, 0.15) is 85.8 Å². The van der Waals surface area contributed by atoms with Crippen LogP contribution in [0.2, 0.25) is 0 Å². The van der Waals surface area contributed by atoms with Gasteiger partial charge in [-0.3, -0.25) is 4.79 Å². The van der Waals surface area contributed by atoms with E-state index in [0.717, 1.165) is 93.6 Å². The molecule has 6 N–H and O–H groups in total. The van der Waals surface area contributed by atoms with Gasteiger partial charge in [-0.1, -0.05) is 31.1 Å². The van der Waals surface area contributed by atoms with Crippen LogP contribution in [0.3, 0.4) is 0 Å². The molecule has 4 bridgehead atoms. The van der Waals surface area contributed by atoms with Crippen molar-refractivity contribution in [3.63, 3.8) is 0 Å². The third kappa shape index (κ3) is 5.63. The van der Waals surface area contributed by atoms with Gasteiger partial charge in [0.25, 0.3) is 0 Å². The molecule has 3 aromatic rings. The predicted octanol–water partition coefficient (Wildman–Crippen LogP) is 5.90. The summed E-state index contributed by atoms with van der Waals surface area (Å²) in [6.45, 7) is 3.06. The summed E-state index contributed by atoms with van der Waals surface area (Å²) in [5, 5.41) is 35.1. The maximum Gasteiger partial charge on any atom is 0.302 e. The highest BCUT2D eigenvalue weighted by Crippen LogP contribution is 2.62. The second-order valence-corrected chi connectivity index (χ2v) is 14.7. The minimum Gasteiger partial charge on any atom is -0.508 e. The molecule has 1 fully saturated rings. The van der Waals surface area contributed by atoms with Crippen LogP contribution in [0.15, 0.2) is 59.3 Å². The van der Waals surface area contributed by atoms with E-state index in [1.807, 2.05) is 12.1 Å². The van der Waals surface area contributed by atoms with Crippen LogP contribution in [0.25, 0.3) is 11.1 Å². The topological polar surface area (TPSA) is 153 Å². The van der Waals surface area contributed by atoms with Crippen molar-refractivity contribution in [2.75, 3.05) is 20.5 Å². The summed E-state index contributed by atoms with van der Waals surface area (Å²) in [6.07, 6.45) is 6.64. The number of benzene rings is 3. The molecule has 0 saturated heterocycles. The summed E-state index contributed by atoms with van der Waals surface area (Å²) in [5.74, 6) is 7.87. The second-order valence-electron chi connectivity index (χ2n) is 14.7. The molecule has 5 aliphatic rings. The number of aliphatic hydroxyl groups is 1. The van der Waals surface area contributed by atoms with Crippen LogP contribution < -0.4 is 25.3 Å². The number of nitrogens with one attached hydrogen (secondary N) is 1. The van der Waals surface area contributed by atoms with Crippen LogP contribution in [-0.2, 0) is 27.8 Å². The third-order valence-corrected chi connectivity index (χ3v) is 11.6. The molecule has 5 atom stereocenters. The number of fused-ring (bicyclic) bond motifs is 6. The largest absolute Gasteiger partial charge is 0.508 e. The lowest BCUT2D eigenvalue weighted by Crippen LogP contribution is -2.41. The third-order valence-electron chi connectivity index (χ3n) is 11.6. The van der Waals surface area contributed by atoms with E-state index < -0.39 is 12.9 Å². The molecule has 10 heteroatoms. The minimum atomic E-state index is -0.591. The molecular formula is C42H44N2O8. The Morgan fingerprint density at radius 3 is 2.75 bits per heavy atom. The van der Waals surface area contributed by atoms with Crippen LogP contribution in [0, 0.1) is 17.8 Å². The molecule has 0 aromatic heterocycles. The first kappa shape index (κ1) is 34.0. The van der Waals surface area contributed by atoms with Gasteiger partial charge in [-0.25, -0.2) is 0 Å². The molecule has 3 heterocycles. The first-order chi connectivity index (χ1) is 25.1. The predicted molar refractivity (Wildman–Crippen MR) is 194 cm³/mol. The number of esters is 1. The van der Waals surface area contributed by atoms with Gasteiger partial charge in [0.05, 0.1) is 24.9 Å². The summed E-state index contributed by atoms with van der Waals surface area (Å²) in [6, 6.07) is 11.0. The fourth-order valence-electron chi connectivity index (χ4n) is 9.40. The molecule has 52 heavy (non-hydrogen) atoms. The van der Waals surface area contributed by atoms with E-state index in [0.29, 0.717) is 30.3 Å². The van der Waals surface area contributed by atoms with Crippen molar-refractivity contribution in [2.24, 2.45) is 11.7 Å². The summed E-state index contributed by atoms with van der Waals surface area (Å²) in [4.78, 5) is 12.3. The number of allylic oxidation sites excluding steroid dienone is 3. The zero-order valence-corrected chi connectivity index (χ0v) is 29.7. The lowest BCUT2D eigenvalue weighted by molar-refractivity contribution is -0.141. The van der Waals surface area contributed by atoms with Crippen molar-refractivity contribution in [2.45, 2.75) is 82.4 Å². The highest BCUT2D eigenvalue weighted by Gasteiger charge is 2.51. The summed E-state index contributed by atoms with van der Waals surface area (Å²) >= 11 is 0. The number of rotatable bonds is 6. The molecular weight excluding hydrogens is 660 g/mol. The average Bonchev–Trinajstić information content (AvgIpc) is 3.68. The number of carbonyl (C=O) groups is 1. The smallest absolute Gasteiger partial charge is 0.302 e. The Morgan fingerprint density at radius 2 is 1.98 bits per heavy atom. The van der Waals surface area contributed by atoms with Crippen molar-refractivity contribution >= 4 is 5.97 Å². The van der Waals surface area contributed by atoms with Gasteiger partial charge in [-0.15, -0.1) is 0 Å². The minimum absolute atomic E-state index is 0.00818. The number of dihydropyridines is 1. The Bertz CT molecular complexity index is 2110. The van der Waals surface area contributed by atoms with Gasteiger partial charge in [0.1, 0.15) is 30.0 Å². The molecule has 1 saturated carbocycles. The number of methoxy groups -OCH3 is 1. The molecule has 10 nitrogen and oxygen atoms in total. The average molecular weight is 705 g/mol. The van der Waals surface area contributed by atoms with Crippen molar-refractivity contribution in [1.29, 1.82) is 0 Å². The molecule has 0 amide bonds. The monoisotopic (exact) mass is 704 g/mol. The zero-order chi connectivity index (χ0) is 36.3. The zero-order valence-electron chi connectivity index (χ0n) is 29.7. The van der Waals surface area contributed by atoms with E-state index in [1.165, 1.54) is 14.0 Å². The summed E-state index contributed by atoms with van der Waals surface area (Å²) in [5.41, 5.74) is 15.6. The first-order valence-corrected chi connectivity index (χ1v) is 18.0. The van der Waals surface area contributed by atoms with E-state index in [4.69, 9.17) is 24.7 Å². The van der Waals surface area contributed by atoms with Gasteiger partial charge < -0.3 is 45.3 Å². The molecule has 5 unspecified atom stereocenters. The number of hydrogen-bond donors (Lipinski definition) is 5. The van der Waals surface area contributed by atoms with E-state index in [1.54, 1.807) is 18.2 Å². The number of ether oxygens (including phenoxy) is 4. The standard InChI is InChI=1S/C42H44N2O8/c1-4-24-13-26-12-23-10-11-42(18-23)19-27-14-28(47)16-36(51-21-45)37(27)30-9-8-29-32(20-50-22(2)46)39(52-40(29)38(30)42)31-17-35(49-3)34(48)15-25(31)6-5-7-33(26)44-41(24)43/h8-9,13-17,23,32,39,41,44-45,47-48H,4,6,10-12,18-21,43H2,1-3H3. The Balaban J connectivity index is 1.39. The maximum absolute atomic E-state index is 12.3. The first-order valence-electron chi connectivity index (χ1n) is 18.0. The van der Waals surface area contributed by atoms with Gasteiger partial charge >= 0.3 is 5.97 Å². The van der Waals surface area contributed by atoms with Gasteiger partial charge in [-0.2, -0.15) is 0 Å². The number of phenolic OH excluding ortho intramolecular Hbond substituents is 2. The van der Waals surface area contributed by atoms with Gasteiger partial charge in [0, 0.05) is 47.1 Å². The van der Waals surface area contributed by atoms with Crippen LogP contribution >= 0.6 is 0 Å². The number of phenols is 2. The SMILES string of the molecule is CCC1=CC2=C(C#CCc3cc(O)c(OC)cc3C3Oc4c(ccc5c4C4(CCC(C2)C4)Cc2cc(O)cc(OCO)c2-5)C3COC(C)=O)NC1N. The van der Waals surface area contributed by atoms with Crippen LogP contribution in [-0.4, -0.2) is 48.0 Å². The van der Waals surface area contributed by atoms with Crippen LogP contribution in [0.4, 0.5) is 0 Å². The van der Waals surface area contributed by atoms with Gasteiger partial charge in [0.15, 0.2) is 18.3 Å². The molecule has 270 valence electrons. The normalized spacial score (nSPS) is 25.1. The van der Waals surface area contributed by atoms with Crippen molar-refractivity contribution in [3.05, 3.63) is 87.1 Å². The Labute approximate surface area is 303 Å².